The van der Waals surface area contributed by atoms with E-state index in [2.05, 4.69) is 10.3 Å². The van der Waals surface area contributed by atoms with Gasteiger partial charge in [-0.05, 0) is 36.4 Å². The number of carbonyl (C=O) groups excluding carboxylic acids is 1. The van der Waals surface area contributed by atoms with E-state index < -0.39 is 0 Å². The highest BCUT2D eigenvalue weighted by molar-refractivity contribution is 7.13. The predicted octanol–water partition coefficient (Wildman–Crippen LogP) is 3.95. The van der Waals surface area contributed by atoms with Gasteiger partial charge in [0.15, 0.2) is 11.5 Å². The summed E-state index contributed by atoms with van der Waals surface area (Å²) in [5, 5.41) is 5.62. The quantitative estimate of drug-likeness (QED) is 0.602. The first-order valence-electron chi connectivity index (χ1n) is 8.84. The first-order chi connectivity index (χ1) is 14.0. The van der Waals surface area contributed by atoms with Gasteiger partial charge in [-0.1, -0.05) is 0 Å². The van der Waals surface area contributed by atoms with Crippen molar-refractivity contribution in [2.45, 2.75) is 6.42 Å². The van der Waals surface area contributed by atoms with Gasteiger partial charge in [0, 0.05) is 29.5 Å². The molecule has 1 amide bonds. The molecule has 0 unspecified atom stereocenters. The molecule has 0 saturated heterocycles. The molecule has 0 radical (unpaired) electrons. The second-order valence-electron chi connectivity index (χ2n) is 6.07. The van der Waals surface area contributed by atoms with E-state index in [1.54, 1.807) is 24.3 Å². The molecule has 0 aliphatic heterocycles. The largest absolute Gasteiger partial charge is 0.493 e. The van der Waals surface area contributed by atoms with Crippen molar-refractivity contribution < 1.29 is 23.4 Å². The van der Waals surface area contributed by atoms with Crippen molar-refractivity contribution in [3.05, 3.63) is 58.9 Å². The van der Waals surface area contributed by atoms with E-state index in [-0.39, 0.29) is 11.7 Å². The standard InChI is InChI=1S/C21H21FN2O4S/c1-26-17-10-14(11-18(27-2)19(17)28-3)20(25)23-9-8-16-12-29-21(24-16)13-4-6-15(22)7-5-13/h4-7,10-12H,8-9H2,1-3H3,(H,23,25). The number of methoxy groups -OCH3 is 3. The molecule has 152 valence electrons. The summed E-state index contributed by atoms with van der Waals surface area (Å²) in [4.78, 5) is 17.1. The molecule has 1 N–H and O–H groups in total. The Hall–Kier alpha value is -3.13. The molecule has 2 aromatic carbocycles. The molecule has 29 heavy (non-hydrogen) atoms. The average molecular weight is 416 g/mol. The van der Waals surface area contributed by atoms with Gasteiger partial charge in [-0.3, -0.25) is 4.79 Å². The second kappa shape index (κ2) is 9.38. The van der Waals surface area contributed by atoms with E-state index >= 15 is 0 Å². The number of hydrogen-bond donors (Lipinski definition) is 1. The van der Waals surface area contributed by atoms with Gasteiger partial charge in [-0.2, -0.15) is 0 Å². The van der Waals surface area contributed by atoms with E-state index in [0.717, 1.165) is 16.3 Å². The molecule has 0 fully saturated rings. The summed E-state index contributed by atoms with van der Waals surface area (Å²) in [5.41, 5.74) is 2.13. The Bertz CT molecular complexity index is 964. The molecule has 0 saturated carbocycles. The van der Waals surface area contributed by atoms with Crippen molar-refractivity contribution >= 4 is 17.2 Å². The Morgan fingerprint density at radius 1 is 1.07 bits per heavy atom. The number of nitrogens with one attached hydrogen (secondary N) is 1. The summed E-state index contributed by atoms with van der Waals surface area (Å²) in [6.07, 6.45) is 0.577. The van der Waals surface area contributed by atoms with E-state index in [9.17, 15) is 9.18 Å². The SMILES string of the molecule is COc1cc(C(=O)NCCc2csc(-c3ccc(F)cc3)n2)cc(OC)c1OC. The lowest BCUT2D eigenvalue weighted by molar-refractivity contribution is 0.0953. The van der Waals surface area contributed by atoms with Crippen molar-refractivity contribution in [2.75, 3.05) is 27.9 Å². The van der Waals surface area contributed by atoms with Crippen molar-refractivity contribution in [2.24, 2.45) is 0 Å². The highest BCUT2D eigenvalue weighted by Gasteiger charge is 2.17. The van der Waals surface area contributed by atoms with Crippen LogP contribution in [0.4, 0.5) is 4.39 Å². The summed E-state index contributed by atoms with van der Waals surface area (Å²) in [6.45, 7) is 0.419. The third-order valence-corrected chi connectivity index (χ3v) is 5.18. The van der Waals surface area contributed by atoms with Crippen LogP contribution in [0.1, 0.15) is 16.1 Å². The Balaban J connectivity index is 1.62. The summed E-state index contributed by atoms with van der Waals surface area (Å²) in [5.74, 6) is 0.738. The van der Waals surface area contributed by atoms with Crippen LogP contribution >= 0.6 is 11.3 Å². The zero-order chi connectivity index (χ0) is 20.8. The first kappa shape index (κ1) is 20.6. The van der Waals surface area contributed by atoms with Crippen molar-refractivity contribution in [3.8, 4) is 27.8 Å². The van der Waals surface area contributed by atoms with Gasteiger partial charge in [0.1, 0.15) is 10.8 Å². The maximum Gasteiger partial charge on any atom is 0.251 e. The first-order valence-corrected chi connectivity index (χ1v) is 9.72. The number of carbonyl (C=O) groups is 1. The van der Waals surface area contributed by atoms with Crippen LogP contribution in [0.5, 0.6) is 17.2 Å². The van der Waals surface area contributed by atoms with Crippen LogP contribution < -0.4 is 19.5 Å². The van der Waals surface area contributed by atoms with Crippen LogP contribution in [0.3, 0.4) is 0 Å². The van der Waals surface area contributed by atoms with E-state index in [0.29, 0.717) is 35.8 Å². The Kier molecular flexibility index (Phi) is 6.66. The van der Waals surface area contributed by atoms with Crippen LogP contribution in [0.2, 0.25) is 0 Å². The highest BCUT2D eigenvalue weighted by Crippen LogP contribution is 2.38. The Morgan fingerprint density at radius 3 is 2.31 bits per heavy atom. The predicted molar refractivity (Wildman–Crippen MR) is 110 cm³/mol. The van der Waals surface area contributed by atoms with Gasteiger partial charge < -0.3 is 19.5 Å². The molecule has 0 spiro atoms. The number of rotatable bonds is 8. The molecule has 0 atom stereocenters. The summed E-state index contributed by atoms with van der Waals surface area (Å²) in [7, 11) is 4.51. The fourth-order valence-electron chi connectivity index (χ4n) is 2.77. The van der Waals surface area contributed by atoms with E-state index in [4.69, 9.17) is 14.2 Å². The zero-order valence-electron chi connectivity index (χ0n) is 16.3. The van der Waals surface area contributed by atoms with Gasteiger partial charge in [-0.25, -0.2) is 9.37 Å². The van der Waals surface area contributed by atoms with Crippen LogP contribution in [0.25, 0.3) is 10.6 Å². The molecule has 0 aliphatic carbocycles. The number of halogens is 1. The van der Waals surface area contributed by atoms with Crippen LogP contribution in [-0.2, 0) is 6.42 Å². The van der Waals surface area contributed by atoms with Gasteiger partial charge in [0.25, 0.3) is 5.91 Å². The molecular formula is C21H21FN2O4S. The average Bonchev–Trinajstić information content (AvgIpc) is 3.21. The number of hydrogen-bond acceptors (Lipinski definition) is 6. The number of nitrogens with zero attached hydrogens (tertiary/aromatic N) is 1. The third kappa shape index (κ3) is 4.83. The Morgan fingerprint density at radius 2 is 1.72 bits per heavy atom. The summed E-state index contributed by atoms with van der Waals surface area (Å²) in [6, 6.07) is 9.43. The molecule has 3 rings (SSSR count). The van der Waals surface area contributed by atoms with Crippen molar-refractivity contribution in [1.82, 2.24) is 10.3 Å². The molecule has 1 aromatic heterocycles. The maximum atomic E-state index is 13.0. The molecule has 1 heterocycles. The molecular weight excluding hydrogens is 395 g/mol. The van der Waals surface area contributed by atoms with Crippen LogP contribution in [0, 0.1) is 5.82 Å². The smallest absolute Gasteiger partial charge is 0.251 e. The molecule has 0 bridgehead atoms. The lowest BCUT2D eigenvalue weighted by Gasteiger charge is -2.14. The van der Waals surface area contributed by atoms with Crippen molar-refractivity contribution in [3.63, 3.8) is 0 Å². The maximum absolute atomic E-state index is 13.0. The minimum absolute atomic E-state index is 0.252. The Labute approximate surface area is 172 Å². The fraction of sp³-hybridized carbons (Fsp3) is 0.238. The van der Waals surface area contributed by atoms with Gasteiger partial charge in [0.05, 0.1) is 27.0 Å². The molecule has 8 heteroatoms. The van der Waals surface area contributed by atoms with Gasteiger partial charge in [-0.15, -0.1) is 11.3 Å². The second-order valence-corrected chi connectivity index (χ2v) is 6.93. The molecule has 3 aromatic rings. The van der Waals surface area contributed by atoms with Crippen LogP contribution in [0.15, 0.2) is 41.8 Å². The number of thiazole rings is 1. The molecule has 0 aliphatic rings. The van der Waals surface area contributed by atoms with Crippen molar-refractivity contribution in [1.29, 1.82) is 0 Å². The third-order valence-electron chi connectivity index (χ3n) is 4.24. The minimum atomic E-state index is -0.278. The zero-order valence-corrected chi connectivity index (χ0v) is 17.1. The highest BCUT2D eigenvalue weighted by atomic mass is 32.1. The number of benzene rings is 2. The summed E-state index contributed by atoms with van der Waals surface area (Å²) >= 11 is 1.48. The van der Waals surface area contributed by atoms with E-state index in [1.165, 1.54) is 44.8 Å². The van der Waals surface area contributed by atoms with Crippen LogP contribution in [-0.4, -0.2) is 38.8 Å². The topological polar surface area (TPSA) is 69.7 Å². The van der Waals surface area contributed by atoms with E-state index in [1.807, 2.05) is 5.38 Å². The monoisotopic (exact) mass is 416 g/mol. The number of aromatic nitrogens is 1. The number of amides is 1. The normalized spacial score (nSPS) is 10.5. The summed E-state index contributed by atoms with van der Waals surface area (Å²) < 4.78 is 28.9. The lowest BCUT2D eigenvalue weighted by Crippen LogP contribution is -2.25. The lowest BCUT2D eigenvalue weighted by atomic mass is 10.1. The fourth-order valence-corrected chi connectivity index (χ4v) is 3.63. The van der Waals surface area contributed by atoms with Gasteiger partial charge >= 0.3 is 0 Å². The minimum Gasteiger partial charge on any atom is -0.493 e. The number of ether oxygens (including phenoxy) is 3. The van der Waals surface area contributed by atoms with Gasteiger partial charge in [0.2, 0.25) is 5.75 Å². The molecule has 6 nitrogen and oxygen atoms in total.